The number of rotatable bonds is 5. The van der Waals surface area contributed by atoms with Crippen molar-refractivity contribution in [2.45, 2.75) is 19.6 Å². The van der Waals surface area contributed by atoms with E-state index in [2.05, 4.69) is 0 Å². The van der Waals surface area contributed by atoms with Gasteiger partial charge in [0, 0.05) is 0 Å². The molecule has 0 radical (unpaired) electrons. The summed E-state index contributed by atoms with van der Waals surface area (Å²) in [4.78, 5) is 0. The number of hydrogen-bond acceptors (Lipinski definition) is 3. The highest BCUT2D eigenvalue weighted by Crippen LogP contribution is 2.12. The zero-order valence-electron chi connectivity index (χ0n) is 8.99. The first-order valence-electron chi connectivity index (χ1n) is 4.72. The zero-order chi connectivity index (χ0) is 11.3. The highest BCUT2D eigenvalue weighted by atomic mass is 16.5. The molecule has 82 valence electrons. The van der Waals surface area contributed by atoms with Crippen LogP contribution in [-0.4, -0.2) is 19.0 Å². The van der Waals surface area contributed by atoms with Crippen molar-refractivity contribution in [1.29, 1.82) is 5.41 Å². The second kappa shape index (κ2) is 5.36. The average molecular weight is 208 g/mol. The highest BCUT2D eigenvalue weighted by molar-refractivity contribution is 5.81. The number of benzene rings is 1. The first-order valence-corrected chi connectivity index (χ1v) is 4.72. The predicted octanol–water partition coefficient (Wildman–Crippen LogP) is 1.54. The van der Waals surface area contributed by atoms with Crippen LogP contribution in [0, 0.1) is 5.41 Å². The van der Waals surface area contributed by atoms with Crippen molar-refractivity contribution in [3.63, 3.8) is 0 Å². The molecule has 3 N–H and O–H groups in total. The van der Waals surface area contributed by atoms with Gasteiger partial charge in [0.15, 0.2) is 0 Å². The standard InChI is InChI=1S/C11H16N2O2/c1-8(11(12)13)15-7-9-3-5-10(14-2)6-4-9/h3-6,8H,7H2,1-2H3,(H3,12,13). The van der Waals surface area contributed by atoms with E-state index in [0.717, 1.165) is 11.3 Å². The van der Waals surface area contributed by atoms with Crippen molar-refractivity contribution in [2.24, 2.45) is 5.73 Å². The van der Waals surface area contributed by atoms with E-state index in [1.165, 1.54) is 0 Å². The molecule has 0 aliphatic carbocycles. The summed E-state index contributed by atoms with van der Waals surface area (Å²) >= 11 is 0. The summed E-state index contributed by atoms with van der Waals surface area (Å²) in [5.41, 5.74) is 6.32. The summed E-state index contributed by atoms with van der Waals surface area (Å²) in [5, 5.41) is 7.16. The van der Waals surface area contributed by atoms with Crippen LogP contribution in [0.15, 0.2) is 24.3 Å². The van der Waals surface area contributed by atoms with E-state index in [1.54, 1.807) is 14.0 Å². The van der Waals surface area contributed by atoms with E-state index in [1.807, 2.05) is 24.3 Å². The Hall–Kier alpha value is -1.55. The van der Waals surface area contributed by atoms with Gasteiger partial charge in [-0.3, -0.25) is 5.41 Å². The smallest absolute Gasteiger partial charge is 0.120 e. The van der Waals surface area contributed by atoms with Gasteiger partial charge in [-0.2, -0.15) is 0 Å². The number of amidine groups is 1. The Balaban J connectivity index is 2.47. The second-order valence-electron chi connectivity index (χ2n) is 3.26. The summed E-state index contributed by atoms with van der Waals surface area (Å²) < 4.78 is 10.4. The molecule has 1 atom stereocenters. The minimum atomic E-state index is -0.341. The third kappa shape index (κ3) is 3.59. The Morgan fingerprint density at radius 3 is 2.47 bits per heavy atom. The van der Waals surface area contributed by atoms with Gasteiger partial charge in [-0.05, 0) is 24.6 Å². The van der Waals surface area contributed by atoms with E-state index in [9.17, 15) is 0 Å². The summed E-state index contributed by atoms with van der Waals surface area (Å²) in [7, 11) is 1.63. The average Bonchev–Trinajstić information content (AvgIpc) is 2.26. The molecule has 0 saturated carbocycles. The molecule has 1 aromatic rings. The van der Waals surface area contributed by atoms with Gasteiger partial charge in [-0.1, -0.05) is 12.1 Å². The molecular weight excluding hydrogens is 192 g/mol. The van der Waals surface area contributed by atoms with Gasteiger partial charge in [-0.25, -0.2) is 0 Å². The molecule has 0 saturated heterocycles. The van der Waals surface area contributed by atoms with Crippen molar-refractivity contribution in [3.8, 4) is 5.75 Å². The number of nitrogens with two attached hydrogens (primary N) is 1. The fourth-order valence-electron chi connectivity index (χ4n) is 1.03. The fraction of sp³-hybridized carbons (Fsp3) is 0.364. The lowest BCUT2D eigenvalue weighted by atomic mass is 10.2. The third-order valence-electron chi connectivity index (χ3n) is 2.10. The minimum Gasteiger partial charge on any atom is -0.497 e. The van der Waals surface area contributed by atoms with Crippen LogP contribution in [0.5, 0.6) is 5.75 Å². The molecule has 4 nitrogen and oxygen atoms in total. The van der Waals surface area contributed by atoms with Crippen LogP contribution in [-0.2, 0) is 11.3 Å². The van der Waals surface area contributed by atoms with Crippen molar-refractivity contribution < 1.29 is 9.47 Å². The molecule has 0 bridgehead atoms. The van der Waals surface area contributed by atoms with Gasteiger partial charge in [0.25, 0.3) is 0 Å². The maximum atomic E-state index is 7.16. The molecule has 1 unspecified atom stereocenters. The molecule has 4 heteroatoms. The SMILES string of the molecule is COc1ccc(COC(C)C(=N)N)cc1. The number of nitrogens with one attached hydrogen (secondary N) is 1. The largest absolute Gasteiger partial charge is 0.497 e. The Labute approximate surface area is 89.5 Å². The minimum absolute atomic E-state index is 0.0449. The van der Waals surface area contributed by atoms with Gasteiger partial charge in [0.2, 0.25) is 0 Å². The van der Waals surface area contributed by atoms with Crippen molar-refractivity contribution in [1.82, 2.24) is 0 Å². The maximum absolute atomic E-state index is 7.16. The Bertz CT molecular complexity index is 322. The van der Waals surface area contributed by atoms with E-state index in [-0.39, 0.29) is 11.9 Å². The van der Waals surface area contributed by atoms with Crippen LogP contribution in [0.2, 0.25) is 0 Å². The third-order valence-corrected chi connectivity index (χ3v) is 2.10. The number of hydrogen-bond donors (Lipinski definition) is 2. The molecule has 0 aromatic heterocycles. The quantitative estimate of drug-likeness (QED) is 0.569. The van der Waals surface area contributed by atoms with Crippen molar-refractivity contribution in [2.75, 3.05) is 7.11 Å². The summed E-state index contributed by atoms with van der Waals surface area (Å²) in [6.45, 7) is 2.20. The predicted molar refractivity (Wildman–Crippen MR) is 59.2 cm³/mol. The lowest BCUT2D eigenvalue weighted by Gasteiger charge is -2.11. The highest BCUT2D eigenvalue weighted by Gasteiger charge is 2.04. The van der Waals surface area contributed by atoms with E-state index < -0.39 is 0 Å². The lowest BCUT2D eigenvalue weighted by molar-refractivity contribution is 0.0948. The monoisotopic (exact) mass is 208 g/mol. The molecule has 0 fully saturated rings. The van der Waals surface area contributed by atoms with Crippen LogP contribution in [0.1, 0.15) is 12.5 Å². The van der Waals surface area contributed by atoms with E-state index >= 15 is 0 Å². The summed E-state index contributed by atoms with van der Waals surface area (Å²) in [6, 6.07) is 7.59. The zero-order valence-corrected chi connectivity index (χ0v) is 8.99. The van der Waals surface area contributed by atoms with Crippen LogP contribution in [0.25, 0.3) is 0 Å². The van der Waals surface area contributed by atoms with Crippen molar-refractivity contribution >= 4 is 5.84 Å². The van der Waals surface area contributed by atoms with Gasteiger partial charge in [0.1, 0.15) is 17.7 Å². The second-order valence-corrected chi connectivity index (χ2v) is 3.26. The molecule has 0 spiro atoms. The van der Waals surface area contributed by atoms with Crippen molar-refractivity contribution in [3.05, 3.63) is 29.8 Å². The van der Waals surface area contributed by atoms with Crippen LogP contribution in [0.3, 0.4) is 0 Å². The maximum Gasteiger partial charge on any atom is 0.120 e. The fourth-order valence-corrected chi connectivity index (χ4v) is 1.03. The molecule has 0 amide bonds. The van der Waals surface area contributed by atoms with Crippen LogP contribution >= 0.6 is 0 Å². The van der Waals surface area contributed by atoms with Gasteiger partial charge < -0.3 is 15.2 Å². The summed E-state index contributed by atoms with van der Waals surface area (Å²) in [6.07, 6.45) is -0.341. The molecule has 0 aliphatic heterocycles. The molecule has 0 aliphatic rings. The summed E-state index contributed by atoms with van der Waals surface area (Å²) in [5.74, 6) is 0.863. The molecule has 0 heterocycles. The topological polar surface area (TPSA) is 68.3 Å². The first-order chi connectivity index (χ1) is 7.13. The first kappa shape index (κ1) is 11.5. The van der Waals surface area contributed by atoms with E-state index in [0.29, 0.717) is 6.61 Å². The Morgan fingerprint density at radius 2 is 2.00 bits per heavy atom. The van der Waals surface area contributed by atoms with E-state index in [4.69, 9.17) is 20.6 Å². The molecule has 1 aromatic carbocycles. The van der Waals surface area contributed by atoms with Gasteiger partial charge in [-0.15, -0.1) is 0 Å². The molecular formula is C11H16N2O2. The molecule has 1 rings (SSSR count). The lowest BCUT2D eigenvalue weighted by Crippen LogP contribution is -2.27. The number of methoxy groups -OCH3 is 1. The normalized spacial score (nSPS) is 12.1. The van der Waals surface area contributed by atoms with Gasteiger partial charge in [0.05, 0.1) is 13.7 Å². The number of ether oxygens (including phenoxy) is 2. The Morgan fingerprint density at radius 1 is 1.40 bits per heavy atom. The van der Waals surface area contributed by atoms with Crippen LogP contribution < -0.4 is 10.5 Å². The molecule has 15 heavy (non-hydrogen) atoms. The van der Waals surface area contributed by atoms with Crippen LogP contribution in [0.4, 0.5) is 0 Å². The Kier molecular flexibility index (Phi) is 4.12. The van der Waals surface area contributed by atoms with Gasteiger partial charge >= 0.3 is 0 Å².